The van der Waals surface area contributed by atoms with E-state index in [4.69, 9.17) is 5.11 Å². The van der Waals surface area contributed by atoms with E-state index in [0.29, 0.717) is 5.56 Å². The fraction of sp³-hybridized carbons (Fsp3) is 0.231. The molecule has 4 heteroatoms. The van der Waals surface area contributed by atoms with Crippen molar-refractivity contribution in [1.82, 2.24) is 0 Å². The standard InChI is InChI=1S/C13H12O4/c1-9-6-7-11(13(15)16)8-10(9)4-3-5-12(14)17-2/h6-8H,5H2,1-2H3,(H,15,16). The summed E-state index contributed by atoms with van der Waals surface area (Å²) in [6, 6.07) is 4.69. The van der Waals surface area contributed by atoms with E-state index < -0.39 is 11.9 Å². The van der Waals surface area contributed by atoms with E-state index in [0.717, 1.165) is 5.56 Å². The molecule has 4 nitrogen and oxygen atoms in total. The lowest BCUT2D eigenvalue weighted by Gasteiger charge is -1.99. The third-order valence-corrected chi connectivity index (χ3v) is 2.17. The fourth-order valence-corrected chi connectivity index (χ4v) is 1.17. The van der Waals surface area contributed by atoms with Crippen molar-refractivity contribution in [3.8, 4) is 11.8 Å². The van der Waals surface area contributed by atoms with Gasteiger partial charge in [0.15, 0.2) is 0 Å². The largest absolute Gasteiger partial charge is 0.478 e. The van der Waals surface area contributed by atoms with E-state index in [9.17, 15) is 9.59 Å². The van der Waals surface area contributed by atoms with Gasteiger partial charge in [-0.1, -0.05) is 17.9 Å². The average Bonchev–Trinajstić information content (AvgIpc) is 2.30. The summed E-state index contributed by atoms with van der Waals surface area (Å²) in [5.74, 6) is 3.99. The molecule has 0 unspecified atom stereocenters. The van der Waals surface area contributed by atoms with Crippen LogP contribution in [0.4, 0.5) is 0 Å². The van der Waals surface area contributed by atoms with E-state index >= 15 is 0 Å². The molecule has 0 atom stereocenters. The van der Waals surface area contributed by atoms with Crippen LogP contribution < -0.4 is 0 Å². The Morgan fingerprint density at radius 3 is 2.71 bits per heavy atom. The lowest BCUT2D eigenvalue weighted by molar-refractivity contribution is -0.139. The van der Waals surface area contributed by atoms with Crippen LogP contribution in [0, 0.1) is 18.8 Å². The molecule has 0 heterocycles. The molecule has 17 heavy (non-hydrogen) atoms. The van der Waals surface area contributed by atoms with Crippen LogP contribution in [-0.2, 0) is 9.53 Å². The molecule has 0 radical (unpaired) electrons. The van der Waals surface area contributed by atoms with Crippen LogP contribution >= 0.6 is 0 Å². The number of esters is 1. The molecular formula is C13H12O4. The summed E-state index contributed by atoms with van der Waals surface area (Å²) in [4.78, 5) is 21.6. The molecule has 0 saturated carbocycles. The van der Waals surface area contributed by atoms with Gasteiger partial charge in [0, 0.05) is 5.56 Å². The Bertz CT molecular complexity index is 506. The van der Waals surface area contributed by atoms with Gasteiger partial charge in [-0.15, -0.1) is 0 Å². The predicted molar refractivity (Wildman–Crippen MR) is 61.6 cm³/mol. The van der Waals surface area contributed by atoms with Gasteiger partial charge in [0.05, 0.1) is 12.7 Å². The van der Waals surface area contributed by atoms with Crippen molar-refractivity contribution in [2.24, 2.45) is 0 Å². The van der Waals surface area contributed by atoms with E-state index in [2.05, 4.69) is 16.6 Å². The van der Waals surface area contributed by atoms with Crippen molar-refractivity contribution >= 4 is 11.9 Å². The maximum Gasteiger partial charge on any atom is 0.335 e. The van der Waals surface area contributed by atoms with E-state index in [1.54, 1.807) is 6.07 Å². The molecule has 0 amide bonds. The number of benzene rings is 1. The second-order valence-electron chi connectivity index (χ2n) is 3.39. The Morgan fingerprint density at radius 2 is 2.12 bits per heavy atom. The van der Waals surface area contributed by atoms with Gasteiger partial charge in [0.1, 0.15) is 6.42 Å². The topological polar surface area (TPSA) is 63.6 Å². The molecule has 1 aromatic rings. The zero-order valence-corrected chi connectivity index (χ0v) is 9.61. The first-order valence-electron chi connectivity index (χ1n) is 4.94. The number of ether oxygens (including phenoxy) is 1. The monoisotopic (exact) mass is 232 g/mol. The first-order valence-corrected chi connectivity index (χ1v) is 4.94. The number of aryl methyl sites for hydroxylation is 1. The Kier molecular flexibility index (Phi) is 4.29. The van der Waals surface area contributed by atoms with Gasteiger partial charge in [-0.3, -0.25) is 4.79 Å². The lowest BCUT2D eigenvalue weighted by atomic mass is 10.1. The zero-order valence-electron chi connectivity index (χ0n) is 9.61. The molecule has 88 valence electrons. The van der Waals surface area contributed by atoms with Gasteiger partial charge >= 0.3 is 11.9 Å². The Labute approximate surface area is 99.2 Å². The number of carboxylic acids is 1. The van der Waals surface area contributed by atoms with Crippen molar-refractivity contribution < 1.29 is 19.4 Å². The van der Waals surface area contributed by atoms with E-state index in [1.165, 1.54) is 19.2 Å². The molecule has 1 rings (SSSR count). The number of hydrogen-bond acceptors (Lipinski definition) is 3. The molecule has 0 aliphatic heterocycles. The zero-order chi connectivity index (χ0) is 12.8. The van der Waals surface area contributed by atoms with E-state index in [-0.39, 0.29) is 12.0 Å². The number of aromatic carboxylic acids is 1. The van der Waals surface area contributed by atoms with Crippen molar-refractivity contribution in [2.75, 3.05) is 7.11 Å². The molecule has 0 spiro atoms. The van der Waals surface area contributed by atoms with Gasteiger partial charge in [-0.2, -0.15) is 0 Å². The summed E-state index contributed by atoms with van der Waals surface area (Å²) >= 11 is 0. The van der Waals surface area contributed by atoms with Crippen LogP contribution in [0.25, 0.3) is 0 Å². The SMILES string of the molecule is COC(=O)CC#Cc1cc(C(=O)O)ccc1C. The molecule has 0 bridgehead atoms. The quantitative estimate of drug-likeness (QED) is 0.621. The lowest BCUT2D eigenvalue weighted by Crippen LogP contribution is -1.98. The van der Waals surface area contributed by atoms with Crippen molar-refractivity contribution in [3.05, 3.63) is 34.9 Å². The number of rotatable bonds is 2. The van der Waals surface area contributed by atoms with Crippen LogP contribution in [0.3, 0.4) is 0 Å². The number of methoxy groups -OCH3 is 1. The average molecular weight is 232 g/mol. The maximum atomic E-state index is 10.8. The normalized spacial score (nSPS) is 9.06. The Morgan fingerprint density at radius 1 is 1.41 bits per heavy atom. The van der Waals surface area contributed by atoms with E-state index in [1.807, 2.05) is 6.92 Å². The minimum atomic E-state index is -0.999. The third-order valence-electron chi connectivity index (χ3n) is 2.17. The molecule has 0 saturated heterocycles. The van der Waals surface area contributed by atoms with Crippen LogP contribution in [0.2, 0.25) is 0 Å². The van der Waals surface area contributed by atoms with Crippen LogP contribution in [-0.4, -0.2) is 24.2 Å². The smallest absolute Gasteiger partial charge is 0.335 e. The molecule has 0 aliphatic carbocycles. The van der Waals surface area contributed by atoms with Gasteiger partial charge in [0.25, 0.3) is 0 Å². The second kappa shape index (κ2) is 5.71. The van der Waals surface area contributed by atoms with Gasteiger partial charge in [-0.05, 0) is 24.6 Å². The highest BCUT2D eigenvalue weighted by molar-refractivity contribution is 5.88. The number of carboxylic acid groups (broad SMARTS) is 1. The molecule has 0 fully saturated rings. The number of hydrogen-bond donors (Lipinski definition) is 1. The highest BCUT2D eigenvalue weighted by Gasteiger charge is 2.04. The minimum absolute atomic E-state index is 0.00671. The maximum absolute atomic E-state index is 10.8. The summed E-state index contributed by atoms with van der Waals surface area (Å²) in [6.07, 6.45) is -0.00671. The number of carbonyl (C=O) groups excluding carboxylic acids is 1. The minimum Gasteiger partial charge on any atom is -0.478 e. The van der Waals surface area contributed by atoms with Crippen molar-refractivity contribution in [2.45, 2.75) is 13.3 Å². The molecule has 1 aromatic carbocycles. The summed E-state index contributed by atoms with van der Waals surface area (Å²) in [6.45, 7) is 1.83. The highest BCUT2D eigenvalue weighted by atomic mass is 16.5. The first-order chi connectivity index (χ1) is 8.04. The van der Waals surface area contributed by atoms with Gasteiger partial charge in [0.2, 0.25) is 0 Å². The fourth-order valence-electron chi connectivity index (χ4n) is 1.17. The summed E-state index contributed by atoms with van der Waals surface area (Å²) in [5, 5.41) is 8.83. The van der Waals surface area contributed by atoms with Gasteiger partial charge < -0.3 is 9.84 Å². The Hall–Kier alpha value is -2.28. The summed E-state index contributed by atoms with van der Waals surface area (Å²) < 4.78 is 4.44. The molecule has 0 aromatic heterocycles. The first kappa shape index (κ1) is 12.8. The summed E-state index contributed by atoms with van der Waals surface area (Å²) in [5.41, 5.74) is 1.65. The Balaban J connectivity index is 2.93. The highest BCUT2D eigenvalue weighted by Crippen LogP contribution is 2.10. The van der Waals surface area contributed by atoms with Crippen molar-refractivity contribution in [3.63, 3.8) is 0 Å². The number of carbonyl (C=O) groups is 2. The van der Waals surface area contributed by atoms with Crippen LogP contribution in [0.1, 0.15) is 27.9 Å². The molecule has 0 aliphatic rings. The van der Waals surface area contributed by atoms with Gasteiger partial charge in [-0.25, -0.2) is 4.79 Å². The molecule has 1 N–H and O–H groups in total. The predicted octanol–water partition coefficient (Wildman–Crippen LogP) is 1.61. The van der Waals surface area contributed by atoms with Crippen LogP contribution in [0.15, 0.2) is 18.2 Å². The summed E-state index contributed by atoms with van der Waals surface area (Å²) in [7, 11) is 1.29. The third kappa shape index (κ3) is 3.65. The second-order valence-corrected chi connectivity index (χ2v) is 3.39. The van der Waals surface area contributed by atoms with Crippen LogP contribution in [0.5, 0.6) is 0 Å². The van der Waals surface area contributed by atoms with Crippen molar-refractivity contribution in [1.29, 1.82) is 0 Å². The molecular weight excluding hydrogens is 220 g/mol.